The maximum Gasteiger partial charge on any atom is 0.0494 e. The van der Waals surface area contributed by atoms with Gasteiger partial charge in [0, 0.05) is 13.2 Å². The lowest BCUT2D eigenvalue weighted by Crippen LogP contribution is -2.17. The van der Waals surface area contributed by atoms with E-state index in [0.29, 0.717) is 0 Å². The molecule has 0 aliphatic heterocycles. The molecule has 65 valence electrons. The Balaban J connectivity index is 1.73. The summed E-state index contributed by atoms with van der Waals surface area (Å²) in [5.74, 6) is 0.898. The second-order valence-electron chi connectivity index (χ2n) is 3.43. The summed E-state index contributed by atoms with van der Waals surface area (Å²) in [6.45, 7) is 5.75. The molecule has 0 unspecified atom stereocenters. The van der Waals surface area contributed by atoms with E-state index in [-0.39, 0.29) is 0 Å². The van der Waals surface area contributed by atoms with E-state index >= 15 is 0 Å². The van der Waals surface area contributed by atoms with Crippen molar-refractivity contribution < 1.29 is 4.74 Å². The SMILES string of the molecule is [CH2]CCCCOCC1CCC1. The highest BCUT2D eigenvalue weighted by Gasteiger charge is 2.16. The van der Waals surface area contributed by atoms with Gasteiger partial charge < -0.3 is 4.74 Å². The lowest BCUT2D eigenvalue weighted by atomic mass is 9.86. The van der Waals surface area contributed by atoms with E-state index in [4.69, 9.17) is 4.74 Å². The first-order valence-corrected chi connectivity index (χ1v) is 4.80. The summed E-state index contributed by atoms with van der Waals surface area (Å²) in [5, 5.41) is 0. The van der Waals surface area contributed by atoms with Crippen molar-refractivity contribution in [1.29, 1.82) is 0 Å². The van der Waals surface area contributed by atoms with Crippen molar-refractivity contribution in [2.24, 2.45) is 5.92 Å². The Bertz CT molecular complexity index is 86.9. The van der Waals surface area contributed by atoms with Crippen LogP contribution in [0.15, 0.2) is 0 Å². The lowest BCUT2D eigenvalue weighted by Gasteiger charge is -2.24. The minimum absolute atomic E-state index is 0.898. The minimum atomic E-state index is 0.898. The second kappa shape index (κ2) is 5.59. The van der Waals surface area contributed by atoms with Crippen molar-refractivity contribution in [2.75, 3.05) is 13.2 Å². The number of hydrogen-bond acceptors (Lipinski definition) is 1. The zero-order valence-electron chi connectivity index (χ0n) is 7.35. The summed E-state index contributed by atoms with van der Waals surface area (Å²) < 4.78 is 5.51. The molecule has 1 nitrogen and oxygen atoms in total. The fourth-order valence-electron chi connectivity index (χ4n) is 1.29. The fraction of sp³-hybridized carbons (Fsp3) is 0.900. The van der Waals surface area contributed by atoms with Gasteiger partial charge in [0.1, 0.15) is 0 Å². The van der Waals surface area contributed by atoms with Gasteiger partial charge in [-0.3, -0.25) is 0 Å². The number of hydrogen-bond donors (Lipinski definition) is 0. The highest BCUT2D eigenvalue weighted by Crippen LogP contribution is 2.26. The van der Waals surface area contributed by atoms with Crippen LogP contribution in [0.5, 0.6) is 0 Å². The molecule has 1 saturated carbocycles. The van der Waals surface area contributed by atoms with Gasteiger partial charge in [0.2, 0.25) is 0 Å². The van der Waals surface area contributed by atoms with E-state index in [0.717, 1.165) is 25.6 Å². The van der Waals surface area contributed by atoms with Crippen molar-refractivity contribution in [3.8, 4) is 0 Å². The first-order chi connectivity index (χ1) is 5.43. The van der Waals surface area contributed by atoms with Crippen LogP contribution in [0.2, 0.25) is 0 Å². The molecule has 1 fully saturated rings. The molecular weight excluding hydrogens is 136 g/mol. The van der Waals surface area contributed by atoms with Crippen LogP contribution in [0.3, 0.4) is 0 Å². The largest absolute Gasteiger partial charge is 0.381 e. The van der Waals surface area contributed by atoms with Crippen LogP contribution in [0.1, 0.15) is 38.5 Å². The van der Waals surface area contributed by atoms with E-state index in [2.05, 4.69) is 6.92 Å². The van der Waals surface area contributed by atoms with Gasteiger partial charge in [-0.1, -0.05) is 26.2 Å². The second-order valence-corrected chi connectivity index (χ2v) is 3.43. The summed E-state index contributed by atoms with van der Waals surface area (Å²) in [4.78, 5) is 0. The fourth-order valence-corrected chi connectivity index (χ4v) is 1.29. The molecule has 0 N–H and O–H groups in total. The third kappa shape index (κ3) is 3.76. The molecular formula is C10H19O. The van der Waals surface area contributed by atoms with Gasteiger partial charge >= 0.3 is 0 Å². The summed E-state index contributed by atoms with van der Waals surface area (Å²) in [6.07, 6.45) is 7.67. The van der Waals surface area contributed by atoms with Crippen LogP contribution in [-0.2, 0) is 4.74 Å². The Kier molecular flexibility index (Phi) is 4.60. The van der Waals surface area contributed by atoms with E-state index in [1.165, 1.54) is 32.1 Å². The molecule has 0 aromatic rings. The first kappa shape index (κ1) is 9.05. The maximum absolute atomic E-state index is 5.51. The van der Waals surface area contributed by atoms with E-state index < -0.39 is 0 Å². The number of unbranched alkanes of at least 4 members (excludes halogenated alkanes) is 2. The monoisotopic (exact) mass is 155 g/mol. The maximum atomic E-state index is 5.51. The smallest absolute Gasteiger partial charge is 0.0494 e. The van der Waals surface area contributed by atoms with E-state index in [9.17, 15) is 0 Å². The topological polar surface area (TPSA) is 9.23 Å². The number of ether oxygens (including phenoxy) is 1. The molecule has 11 heavy (non-hydrogen) atoms. The Hall–Kier alpha value is -0.0400. The van der Waals surface area contributed by atoms with Gasteiger partial charge in [0.25, 0.3) is 0 Å². The quantitative estimate of drug-likeness (QED) is 0.536. The van der Waals surface area contributed by atoms with Crippen LogP contribution in [-0.4, -0.2) is 13.2 Å². The Morgan fingerprint density at radius 3 is 2.64 bits per heavy atom. The van der Waals surface area contributed by atoms with Crippen molar-refractivity contribution in [1.82, 2.24) is 0 Å². The molecule has 0 aromatic heterocycles. The Morgan fingerprint density at radius 2 is 2.09 bits per heavy atom. The molecule has 1 rings (SSSR count). The lowest BCUT2D eigenvalue weighted by molar-refractivity contribution is 0.0682. The molecule has 0 amide bonds. The highest BCUT2D eigenvalue weighted by atomic mass is 16.5. The molecule has 0 atom stereocenters. The normalized spacial score (nSPS) is 18.3. The molecule has 0 heterocycles. The molecule has 1 aliphatic carbocycles. The summed E-state index contributed by atoms with van der Waals surface area (Å²) >= 11 is 0. The molecule has 1 aliphatic rings. The zero-order valence-corrected chi connectivity index (χ0v) is 7.35. The Labute approximate surface area is 70.1 Å². The molecule has 0 spiro atoms. The molecule has 0 saturated heterocycles. The predicted molar refractivity (Wildman–Crippen MR) is 47.4 cm³/mol. The van der Waals surface area contributed by atoms with Crippen LogP contribution in [0.25, 0.3) is 0 Å². The van der Waals surface area contributed by atoms with Crippen molar-refractivity contribution >= 4 is 0 Å². The average Bonchev–Trinajstić information content (AvgIpc) is 1.93. The summed E-state index contributed by atoms with van der Waals surface area (Å²) in [5.41, 5.74) is 0. The zero-order chi connectivity index (χ0) is 7.94. The molecule has 1 heteroatoms. The van der Waals surface area contributed by atoms with Gasteiger partial charge in [-0.15, -0.1) is 0 Å². The van der Waals surface area contributed by atoms with Crippen molar-refractivity contribution in [3.63, 3.8) is 0 Å². The third-order valence-corrected chi connectivity index (χ3v) is 2.37. The summed E-state index contributed by atoms with van der Waals surface area (Å²) in [6, 6.07) is 0. The van der Waals surface area contributed by atoms with Gasteiger partial charge in [-0.2, -0.15) is 0 Å². The highest BCUT2D eigenvalue weighted by molar-refractivity contribution is 4.68. The molecule has 0 bridgehead atoms. The first-order valence-electron chi connectivity index (χ1n) is 4.80. The van der Waals surface area contributed by atoms with E-state index in [1.807, 2.05) is 0 Å². The average molecular weight is 155 g/mol. The van der Waals surface area contributed by atoms with Gasteiger partial charge in [0.05, 0.1) is 0 Å². The van der Waals surface area contributed by atoms with Crippen molar-refractivity contribution in [2.45, 2.75) is 38.5 Å². The van der Waals surface area contributed by atoms with Crippen LogP contribution >= 0.6 is 0 Å². The molecule has 0 aromatic carbocycles. The van der Waals surface area contributed by atoms with Crippen LogP contribution in [0, 0.1) is 12.8 Å². The molecule has 1 radical (unpaired) electrons. The van der Waals surface area contributed by atoms with Gasteiger partial charge in [-0.05, 0) is 25.2 Å². The third-order valence-electron chi connectivity index (χ3n) is 2.37. The van der Waals surface area contributed by atoms with Crippen molar-refractivity contribution in [3.05, 3.63) is 6.92 Å². The predicted octanol–water partition coefficient (Wildman–Crippen LogP) is 2.81. The Morgan fingerprint density at radius 1 is 1.27 bits per heavy atom. The number of rotatable bonds is 6. The minimum Gasteiger partial charge on any atom is -0.381 e. The van der Waals surface area contributed by atoms with Gasteiger partial charge in [0.15, 0.2) is 0 Å². The summed E-state index contributed by atoms with van der Waals surface area (Å²) in [7, 11) is 0. The van der Waals surface area contributed by atoms with Crippen LogP contribution in [0.4, 0.5) is 0 Å². The standard InChI is InChI=1S/C10H19O/c1-2-3-4-8-11-9-10-6-5-7-10/h10H,1-9H2. The van der Waals surface area contributed by atoms with Gasteiger partial charge in [-0.25, -0.2) is 0 Å². The van der Waals surface area contributed by atoms with E-state index in [1.54, 1.807) is 0 Å². The van der Waals surface area contributed by atoms with Crippen LogP contribution < -0.4 is 0 Å².